The Bertz CT molecular complexity index is 428. The largest absolute Gasteiger partial charge is 0.490 e. The molecule has 1 saturated heterocycles. The SMILES string of the molecule is CC.OB(O)c1ccc(N2CC3C(C2)C3(F)F)nc1. The van der Waals surface area contributed by atoms with Gasteiger partial charge in [-0.05, 0) is 6.07 Å². The van der Waals surface area contributed by atoms with Crippen molar-refractivity contribution in [1.29, 1.82) is 0 Å². The van der Waals surface area contributed by atoms with Crippen molar-refractivity contribution in [2.75, 3.05) is 18.0 Å². The maximum Gasteiger partial charge on any atom is 0.490 e. The lowest BCUT2D eigenvalue weighted by molar-refractivity contribution is 0.0797. The summed E-state index contributed by atoms with van der Waals surface area (Å²) in [6, 6.07) is 3.16. The van der Waals surface area contributed by atoms with Gasteiger partial charge in [0.2, 0.25) is 0 Å². The highest BCUT2D eigenvalue weighted by atomic mass is 19.3. The molecule has 0 aromatic carbocycles. The Labute approximate surface area is 111 Å². The smallest absolute Gasteiger partial charge is 0.423 e. The molecule has 1 aromatic rings. The molecule has 2 N–H and O–H groups in total. The lowest BCUT2D eigenvalue weighted by Crippen LogP contribution is -2.32. The van der Waals surface area contributed by atoms with Gasteiger partial charge in [-0.3, -0.25) is 0 Å². The molecule has 4 nitrogen and oxygen atoms in total. The molecule has 19 heavy (non-hydrogen) atoms. The average molecular weight is 270 g/mol. The van der Waals surface area contributed by atoms with Crippen molar-refractivity contribution in [2.45, 2.75) is 19.8 Å². The van der Waals surface area contributed by atoms with E-state index in [0.717, 1.165) is 0 Å². The van der Waals surface area contributed by atoms with E-state index in [1.807, 2.05) is 13.8 Å². The summed E-state index contributed by atoms with van der Waals surface area (Å²) in [5.74, 6) is -2.95. The maximum atomic E-state index is 13.0. The van der Waals surface area contributed by atoms with E-state index in [1.54, 1.807) is 11.0 Å². The Kier molecular flexibility index (Phi) is 3.78. The van der Waals surface area contributed by atoms with E-state index in [9.17, 15) is 8.78 Å². The molecule has 2 fully saturated rings. The molecule has 2 unspecified atom stereocenters. The van der Waals surface area contributed by atoms with E-state index in [4.69, 9.17) is 10.0 Å². The molecule has 0 amide bonds. The molecule has 2 heterocycles. The summed E-state index contributed by atoms with van der Waals surface area (Å²) < 4.78 is 26.0. The topological polar surface area (TPSA) is 56.6 Å². The second-order valence-corrected chi connectivity index (χ2v) is 4.62. The molecule has 0 bridgehead atoms. The van der Waals surface area contributed by atoms with Crippen LogP contribution in [-0.4, -0.2) is 41.2 Å². The molecule has 3 rings (SSSR count). The molecule has 2 atom stereocenters. The molecule has 0 radical (unpaired) electrons. The molecule has 1 aliphatic heterocycles. The van der Waals surface area contributed by atoms with Crippen LogP contribution < -0.4 is 10.4 Å². The van der Waals surface area contributed by atoms with Crippen molar-refractivity contribution in [3.05, 3.63) is 18.3 Å². The van der Waals surface area contributed by atoms with Crippen LogP contribution in [0, 0.1) is 11.8 Å². The Morgan fingerprint density at radius 3 is 2.26 bits per heavy atom. The summed E-state index contributed by atoms with van der Waals surface area (Å²) in [4.78, 5) is 5.85. The number of halogens is 2. The number of pyridine rings is 1. The summed E-state index contributed by atoms with van der Waals surface area (Å²) in [5, 5.41) is 17.8. The fourth-order valence-electron chi connectivity index (χ4n) is 2.43. The van der Waals surface area contributed by atoms with Gasteiger partial charge in [0.15, 0.2) is 0 Å². The van der Waals surface area contributed by atoms with Gasteiger partial charge in [-0.1, -0.05) is 19.9 Å². The van der Waals surface area contributed by atoms with E-state index in [-0.39, 0.29) is 0 Å². The molecular weight excluding hydrogens is 253 g/mol. The van der Waals surface area contributed by atoms with Gasteiger partial charge in [-0.15, -0.1) is 0 Å². The van der Waals surface area contributed by atoms with Crippen molar-refractivity contribution in [3.8, 4) is 0 Å². The van der Waals surface area contributed by atoms with E-state index >= 15 is 0 Å². The Hall–Kier alpha value is -1.21. The van der Waals surface area contributed by atoms with E-state index in [1.165, 1.54) is 12.3 Å². The minimum Gasteiger partial charge on any atom is -0.423 e. The highest BCUT2D eigenvalue weighted by molar-refractivity contribution is 6.58. The van der Waals surface area contributed by atoms with E-state index < -0.39 is 24.9 Å². The fourth-order valence-corrected chi connectivity index (χ4v) is 2.43. The van der Waals surface area contributed by atoms with Gasteiger partial charge in [0.25, 0.3) is 5.92 Å². The van der Waals surface area contributed by atoms with Gasteiger partial charge >= 0.3 is 7.12 Å². The summed E-state index contributed by atoms with van der Waals surface area (Å²) >= 11 is 0. The van der Waals surface area contributed by atoms with Gasteiger partial charge < -0.3 is 14.9 Å². The quantitative estimate of drug-likeness (QED) is 0.768. The summed E-state index contributed by atoms with van der Waals surface area (Å²) in [6.45, 7) is 4.65. The fraction of sp³-hybridized carbons (Fsp3) is 0.583. The second-order valence-electron chi connectivity index (χ2n) is 4.62. The van der Waals surface area contributed by atoms with Crippen molar-refractivity contribution in [1.82, 2.24) is 4.98 Å². The van der Waals surface area contributed by atoms with Crippen LogP contribution in [0.3, 0.4) is 0 Å². The van der Waals surface area contributed by atoms with Gasteiger partial charge in [0.05, 0.1) is 11.8 Å². The normalized spacial score (nSPS) is 26.3. The number of piperidine rings is 1. The van der Waals surface area contributed by atoms with Crippen LogP contribution >= 0.6 is 0 Å². The number of fused-ring (bicyclic) bond motifs is 1. The molecule has 1 aromatic heterocycles. The highest BCUT2D eigenvalue weighted by Gasteiger charge is 2.71. The zero-order chi connectivity index (χ0) is 14.2. The van der Waals surface area contributed by atoms with Crippen LogP contribution in [-0.2, 0) is 0 Å². The number of hydrogen-bond acceptors (Lipinski definition) is 4. The van der Waals surface area contributed by atoms with E-state index in [0.29, 0.717) is 24.4 Å². The van der Waals surface area contributed by atoms with Crippen molar-refractivity contribution in [3.63, 3.8) is 0 Å². The highest BCUT2D eigenvalue weighted by Crippen LogP contribution is 2.59. The van der Waals surface area contributed by atoms with Gasteiger partial charge in [-0.25, -0.2) is 13.8 Å². The number of hydrogen-bond donors (Lipinski definition) is 2. The third kappa shape index (κ3) is 2.44. The standard InChI is InChI=1S/C10H11BF2N2O2.C2H6/c12-10(13)7-4-15(5-8(7)10)9-2-1-6(3-14-9)11(16)17;1-2/h1-3,7-8,16-17H,4-5H2;1-2H3. The Morgan fingerprint density at radius 1 is 1.26 bits per heavy atom. The van der Waals surface area contributed by atoms with Gasteiger partial charge in [-0.2, -0.15) is 0 Å². The molecule has 2 aliphatic rings. The number of aromatic nitrogens is 1. The average Bonchev–Trinajstić information content (AvgIpc) is 2.82. The lowest BCUT2D eigenvalue weighted by Gasteiger charge is -2.20. The van der Waals surface area contributed by atoms with Crippen molar-refractivity contribution >= 4 is 18.4 Å². The lowest BCUT2D eigenvalue weighted by atomic mass is 9.82. The maximum absolute atomic E-state index is 13.0. The third-order valence-electron chi connectivity index (χ3n) is 3.59. The van der Waals surface area contributed by atoms with Crippen LogP contribution in [0.25, 0.3) is 0 Å². The first kappa shape index (κ1) is 14.2. The second kappa shape index (κ2) is 5.05. The molecular formula is C12H17BF2N2O2. The van der Waals surface area contributed by atoms with Crippen LogP contribution in [0.1, 0.15) is 13.8 Å². The van der Waals surface area contributed by atoms with Crippen LogP contribution in [0.5, 0.6) is 0 Å². The van der Waals surface area contributed by atoms with Crippen molar-refractivity contribution < 1.29 is 18.8 Å². The molecule has 1 saturated carbocycles. The van der Waals surface area contributed by atoms with Crippen LogP contribution in [0.15, 0.2) is 18.3 Å². The Balaban J connectivity index is 0.000000637. The molecule has 104 valence electrons. The predicted molar refractivity (Wildman–Crippen MR) is 69.6 cm³/mol. The minimum atomic E-state index is -2.49. The summed E-state index contributed by atoms with van der Waals surface area (Å²) in [6.07, 6.45) is 1.35. The zero-order valence-electron chi connectivity index (χ0n) is 10.9. The molecule has 0 spiro atoms. The summed E-state index contributed by atoms with van der Waals surface area (Å²) in [7, 11) is -1.55. The molecule has 7 heteroatoms. The van der Waals surface area contributed by atoms with Gasteiger partial charge in [0, 0.05) is 24.7 Å². The minimum absolute atomic E-state index is 0.295. The predicted octanol–water partition coefficient (Wildman–Crippen LogP) is 0.489. The van der Waals surface area contributed by atoms with Crippen LogP contribution in [0.2, 0.25) is 0 Å². The first-order valence-corrected chi connectivity index (χ1v) is 6.45. The number of rotatable bonds is 2. The van der Waals surface area contributed by atoms with Gasteiger partial charge in [0.1, 0.15) is 5.82 Å². The monoisotopic (exact) mass is 270 g/mol. The number of alkyl halides is 2. The number of nitrogens with zero attached hydrogens (tertiary/aromatic N) is 2. The third-order valence-corrected chi connectivity index (χ3v) is 3.59. The first-order chi connectivity index (χ1) is 9.00. The number of anilines is 1. The van der Waals surface area contributed by atoms with Crippen LogP contribution in [0.4, 0.5) is 14.6 Å². The first-order valence-electron chi connectivity index (χ1n) is 6.45. The molecule has 1 aliphatic carbocycles. The summed E-state index contributed by atoms with van der Waals surface area (Å²) in [5.41, 5.74) is 0.295. The zero-order valence-corrected chi connectivity index (χ0v) is 10.9. The van der Waals surface area contributed by atoms with E-state index in [2.05, 4.69) is 4.98 Å². The van der Waals surface area contributed by atoms with Crippen molar-refractivity contribution in [2.24, 2.45) is 11.8 Å². The Morgan fingerprint density at radius 2 is 1.84 bits per heavy atom.